The van der Waals surface area contributed by atoms with Gasteiger partial charge in [-0.2, -0.15) is 10.4 Å². The normalized spacial score (nSPS) is 11.0. The summed E-state index contributed by atoms with van der Waals surface area (Å²) in [4.78, 5) is 12.1. The van der Waals surface area contributed by atoms with Crippen LogP contribution >= 0.6 is 15.9 Å². The summed E-state index contributed by atoms with van der Waals surface area (Å²) in [6, 6.07) is 6.28. The first-order valence-corrected chi connectivity index (χ1v) is 6.80. The molecule has 1 aromatic carbocycles. The molecule has 2 rings (SSSR count). The molecule has 23 heavy (non-hydrogen) atoms. The number of hydrogen-bond acceptors (Lipinski definition) is 4. The number of nitriles is 1. The Kier molecular flexibility index (Phi) is 4.60. The highest BCUT2D eigenvalue weighted by molar-refractivity contribution is 9.10. The first-order valence-electron chi connectivity index (χ1n) is 6.01. The van der Waals surface area contributed by atoms with Gasteiger partial charge in [-0.3, -0.25) is 9.48 Å². The van der Waals surface area contributed by atoms with Gasteiger partial charge in [0.25, 0.3) is 5.91 Å². The Morgan fingerprint density at radius 3 is 2.52 bits per heavy atom. The van der Waals surface area contributed by atoms with Crippen molar-refractivity contribution in [1.29, 1.82) is 5.26 Å². The second-order valence-corrected chi connectivity index (χ2v) is 5.03. The van der Waals surface area contributed by atoms with E-state index in [-0.39, 0.29) is 21.5 Å². The quantitative estimate of drug-likeness (QED) is 0.875. The highest BCUT2D eigenvalue weighted by Gasteiger charge is 2.31. The van der Waals surface area contributed by atoms with Crippen molar-refractivity contribution in [1.82, 2.24) is 9.78 Å². The Balaban J connectivity index is 2.18. The molecule has 1 N–H and O–H groups in total. The standard InChI is InChI=1S/C13H8BrF3N4O2/c1-21-11(9(6-18)10(14)20-21)19-12(22)7-2-4-8(5-3-7)23-13(15,16)17/h2-5H,1H3,(H,19,22). The Bertz CT molecular complexity index is 778. The summed E-state index contributed by atoms with van der Waals surface area (Å²) in [5.41, 5.74) is 0.235. The predicted octanol–water partition coefficient (Wildman–Crippen LogP) is 3.21. The number of aryl methyl sites for hydroxylation is 1. The molecule has 120 valence electrons. The molecule has 6 nitrogen and oxygen atoms in total. The molecule has 1 amide bonds. The Morgan fingerprint density at radius 2 is 2.00 bits per heavy atom. The number of ether oxygens (including phenoxy) is 1. The van der Waals surface area contributed by atoms with E-state index in [1.54, 1.807) is 0 Å². The van der Waals surface area contributed by atoms with E-state index in [1.807, 2.05) is 6.07 Å². The van der Waals surface area contributed by atoms with Crippen molar-refractivity contribution < 1.29 is 22.7 Å². The van der Waals surface area contributed by atoms with Crippen LogP contribution in [-0.4, -0.2) is 22.1 Å². The number of carbonyl (C=O) groups is 1. The maximum absolute atomic E-state index is 12.1. The van der Waals surface area contributed by atoms with Gasteiger partial charge in [0.1, 0.15) is 27.8 Å². The van der Waals surface area contributed by atoms with Crippen LogP contribution in [-0.2, 0) is 7.05 Å². The average Bonchev–Trinajstić information content (AvgIpc) is 2.71. The summed E-state index contributed by atoms with van der Waals surface area (Å²) in [6.07, 6.45) is -4.80. The van der Waals surface area contributed by atoms with E-state index in [9.17, 15) is 18.0 Å². The fourth-order valence-corrected chi connectivity index (χ4v) is 2.24. The lowest BCUT2D eigenvalue weighted by atomic mass is 10.2. The smallest absolute Gasteiger partial charge is 0.406 e. The average molecular weight is 389 g/mol. The summed E-state index contributed by atoms with van der Waals surface area (Å²) < 4.78 is 41.5. The number of anilines is 1. The molecule has 0 aliphatic carbocycles. The molecule has 2 aromatic rings. The monoisotopic (exact) mass is 388 g/mol. The van der Waals surface area contributed by atoms with Crippen LogP contribution in [0, 0.1) is 11.3 Å². The third-order valence-electron chi connectivity index (χ3n) is 2.70. The van der Waals surface area contributed by atoms with Gasteiger partial charge < -0.3 is 10.1 Å². The van der Waals surface area contributed by atoms with E-state index in [4.69, 9.17) is 5.26 Å². The minimum atomic E-state index is -4.80. The number of aromatic nitrogens is 2. The summed E-state index contributed by atoms with van der Waals surface area (Å²) in [7, 11) is 1.53. The van der Waals surface area contributed by atoms with Crippen LogP contribution in [0.3, 0.4) is 0 Å². The summed E-state index contributed by atoms with van der Waals surface area (Å²) in [5, 5.41) is 15.4. The van der Waals surface area contributed by atoms with Crippen LogP contribution in [0.15, 0.2) is 28.9 Å². The molecule has 0 aliphatic heterocycles. The molecule has 0 aliphatic rings. The molecule has 0 saturated heterocycles. The number of nitrogens with one attached hydrogen (secondary N) is 1. The van der Waals surface area contributed by atoms with Gasteiger partial charge in [-0.05, 0) is 40.2 Å². The third kappa shape index (κ3) is 4.01. The van der Waals surface area contributed by atoms with Crippen molar-refractivity contribution in [2.75, 3.05) is 5.32 Å². The Morgan fingerprint density at radius 1 is 1.39 bits per heavy atom. The molecule has 0 fully saturated rings. The fraction of sp³-hybridized carbons (Fsp3) is 0.154. The lowest BCUT2D eigenvalue weighted by molar-refractivity contribution is -0.274. The van der Waals surface area contributed by atoms with Crippen molar-refractivity contribution in [2.24, 2.45) is 7.05 Å². The van der Waals surface area contributed by atoms with E-state index >= 15 is 0 Å². The molecule has 1 aromatic heterocycles. The van der Waals surface area contributed by atoms with Crippen molar-refractivity contribution in [2.45, 2.75) is 6.36 Å². The second-order valence-electron chi connectivity index (χ2n) is 4.28. The molecule has 1 heterocycles. The zero-order valence-electron chi connectivity index (χ0n) is 11.5. The minimum absolute atomic E-state index is 0.0979. The summed E-state index contributed by atoms with van der Waals surface area (Å²) in [5.74, 6) is -0.870. The zero-order chi connectivity index (χ0) is 17.2. The van der Waals surface area contributed by atoms with Crippen LogP contribution in [0.25, 0.3) is 0 Å². The number of carbonyl (C=O) groups excluding carboxylic acids is 1. The predicted molar refractivity (Wildman–Crippen MR) is 76.7 cm³/mol. The number of nitrogens with zero attached hydrogens (tertiary/aromatic N) is 3. The lowest BCUT2D eigenvalue weighted by Gasteiger charge is -2.09. The van der Waals surface area contributed by atoms with Crippen LogP contribution in [0.4, 0.5) is 19.0 Å². The number of amides is 1. The second kappa shape index (κ2) is 6.29. The van der Waals surface area contributed by atoms with Crippen LogP contribution in [0.2, 0.25) is 0 Å². The van der Waals surface area contributed by atoms with Gasteiger partial charge in [0, 0.05) is 12.6 Å². The molecule has 0 atom stereocenters. The SMILES string of the molecule is Cn1nc(Br)c(C#N)c1NC(=O)c1ccc(OC(F)(F)F)cc1. The van der Waals surface area contributed by atoms with E-state index < -0.39 is 18.0 Å². The van der Waals surface area contributed by atoms with Crippen molar-refractivity contribution in [3.05, 3.63) is 40.0 Å². The highest BCUT2D eigenvalue weighted by Crippen LogP contribution is 2.25. The van der Waals surface area contributed by atoms with Crippen molar-refractivity contribution in [3.63, 3.8) is 0 Å². The van der Waals surface area contributed by atoms with Crippen molar-refractivity contribution in [3.8, 4) is 11.8 Å². The van der Waals surface area contributed by atoms with Gasteiger partial charge in [-0.1, -0.05) is 0 Å². The van der Waals surface area contributed by atoms with Gasteiger partial charge in [-0.15, -0.1) is 13.2 Å². The van der Waals surface area contributed by atoms with Crippen LogP contribution in [0.1, 0.15) is 15.9 Å². The fourth-order valence-electron chi connectivity index (χ4n) is 1.72. The molecular formula is C13H8BrF3N4O2. The van der Waals surface area contributed by atoms with Crippen LogP contribution < -0.4 is 10.1 Å². The number of hydrogen-bond donors (Lipinski definition) is 1. The molecule has 0 saturated carbocycles. The number of benzene rings is 1. The van der Waals surface area contributed by atoms with Gasteiger partial charge in [-0.25, -0.2) is 0 Å². The van der Waals surface area contributed by atoms with Gasteiger partial charge in [0.15, 0.2) is 0 Å². The summed E-state index contributed by atoms with van der Waals surface area (Å²) >= 11 is 3.08. The molecule has 10 heteroatoms. The van der Waals surface area contributed by atoms with Gasteiger partial charge in [0.05, 0.1) is 0 Å². The lowest BCUT2D eigenvalue weighted by Crippen LogP contribution is -2.18. The van der Waals surface area contributed by atoms with Crippen LogP contribution in [0.5, 0.6) is 5.75 Å². The Hall–Kier alpha value is -2.54. The third-order valence-corrected chi connectivity index (χ3v) is 3.25. The first kappa shape index (κ1) is 16.8. The molecule has 0 spiro atoms. The first-order chi connectivity index (χ1) is 10.7. The minimum Gasteiger partial charge on any atom is -0.406 e. The number of alkyl halides is 3. The maximum atomic E-state index is 12.1. The number of halogens is 4. The topological polar surface area (TPSA) is 79.9 Å². The Labute approximate surface area is 136 Å². The molecular weight excluding hydrogens is 381 g/mol. The van der Waals surface area contributed by atoms with Gasteiger partial charge in [0.2, 0.25) is 0 Å². The van der Waals surface area contributed by atoms with Crippen molar-refractivity contribution >= 4 is 27.7 Å². The van der Waals surface area contributed by atoms with Gasteiger partial charge >= 0.3 is 6.36 Å². The van der Waals surface area contributed by atoms with E-state index in [2.05, 4.69) is 31.1 Å². The van der Waals surface area contributed by atoms with E-state index in [0.717, 1.165) is 12.1 Å². The zero-order valence-corrected chi connectivity index (χ0v) is 13.1. The van der Waals surface area contributed by atoms with E-state index in [1.165, 1.54) is 23.9 Å². The molecule has 0 unspecified atom stereocenters. The molecule has 0 radical (unpaired) electrons. The number of rotatable bonds is 3. The largest absolute Gasteiger partial charge is 0.573 e. The highest BCUT2D eigenvalue weighted by atomic mass is 79.9. The molecule has 0 bridgehead atoms. The maximum Gasteiger partial charge on any atom is 0.573 e. The summed E-state index contributed by atoms with van der Waals surface area (Å²) in [6.45, 7) is 0. The van der Waals surface area contributed by atoms with E-state index in [0.29, 0.717) is 0 Å².